The van der Waals surface area contributed by atoms with Gasteiger partial charge >= 0.3 is 0 Å². The number of ether oxygens (including phenoxy) is 1. The molecule has 0 heterocycles. The zero-order valence-corrected chi connectivity index (χ0v) is 7.92. The van der Waals surface area contributed by atoms with Gasteiger partial charge in [-0.25, -0.2) is 0 Å². The highest BCUT2D eigenvalue weighted by molar-refractivity contribution is 5.27. The summed E-state index contributed by atoms with van der Waals surface area (Å²) in [5, 5.41) is 0. The van der Waals surface area contributed by atoms with E-state index in [0.717, 1.165) is 18.7 Å². The van der Waals surface area contributed by atoms with Crippen molar-refractivity contribution >= 4 is 0 Å². The first kappa shape index (κ1) is 10.0. The largest absolute Gasteiger partial charge is 0.494 e. The van der Waals surface area contributed by atoms with Gasteiger partial charge in [0.1, 0.15) is 5.75 Å². The molecule has 13 heavy (non-hydrogen) atoms. The summed E-state index contributed by atoms with van der Waals surface area (Å²) in [6.07, 6.45) is 0.921. The van der Waals surface area contributed by atoms with E-state index in [9.17, 15) is 0 Å². The van der Waals surface area contributed by atoms with Crippen molar-refractivity contribution in [1.29, 1.82) is 0 Å². The maximum Gasteiger partial charge on any atom is 0.119 e. The zero-order valence-electron chi connectivity index (χ0n) is 7.92. The fraction of sp³-hybridized carbons (Fsp3) is 0.400. The molecule has 0 unspecified atom stereocenters. The van der Waals surface area contributed by atoms with Gasteiger partial charge in [-0.1, -0.05) is 12.1 Å². The van der Waals surface area contributed by atoms with E-state index in [4.69, 9.17) is 10.6 Å². The zero-order chi connectivity index (χ0) is 9.52. The Morgan fingerprint density at radius 2 is 2.31 bits per heavy atom. The summed E-state index contributed by atoms with van der Waals surface area (Å²) in [7, 11) is 0. The van der Waals surface area contributed by atoms with Crippen LogP contribution in [0.2, 0.25) is 0 Å². The molecule has 0 spiro atoms. The molecule has 0 saturated carbocycles. The number of hydrogen-bond acceptors (Lipinski definition) is 3. The first-order chi connectivity index (χ1) is 6.33. The number of hydrazine groups is 1. The smallest absolute Gasteiger partial charge is 0.119 e. The summed E-state index contributed by atoms with van der Waals surface area (Å²) >= 11 is 0. The van der Waals surface area contributed by atoms with Gasteiger partial charge in [0.25, 0.3) is 0 Å². The van der Waals surface area contributed by atoms with E-state index in [0.29, 0.717) is 6.61 Å². The summed E-state index contributed by atoms with van der Waals surface area (Å²) in [4.78, 5) is 0. The van der Waals surface area contributed by atoms with E-state index in [2.05, 4.69) is 5.43 Å². The van der Waals surface area contributed by atoms with E-state index >= 15 is 0 Å². The number of hydrogen-bond donors (Lipinski definition) is 2. The van der Waals surface area contributed by atoms with Gasteiger partial charge in [0.15, 0.2) is 0 Å². The third-order valence-electron chi connectivity index (χ3n) is 1.72. The van der Waals surface area contributed by atoms with Crippen molar-refractivity contribution in [2.24, 2.45) is 5.84 Å². The molecule has 3 heteroatoms. The van der Waals surface area contributed by atoms with Crippen molar-refractivity contribution < 1.29 is 4.74 Å². The molecule has 0 fully saturated rings. The van der Waals surface area contributed by atoms with Crippen LogP contribution in [-0.4, -0.2) is 13.2 Å². The number of aryl methyl sites for hydroxylation is 1. The molecule has 0 aliphatic carbocycles. The lowest BCUT2D eigenvalue weighted by atomic mass is 10.2. The van der Waals surface area contributed by atoms with E-state index in [1.54, 1.807) is 0 Å². The summed E-state index contributed by atoms with van der Waals surface area (Å²) < 4.78 is 5.49. The summed E-state index contributed by atoms with van der Waals surface area (Å²) in [6.45, 7) is 3.54. The van der Waals surface area contributed by atoms with Gasteiger partial charge in [-0.15, -0.1) is 0 Å². The normalized spacial score (nSPS) is 10.0. The predicted molar refractivity (Wildman–Crippen MR) is 53.5 cm³/mol. The van der Waals surface area contributed by atoms with Crippen LogP contribution < -0.4 is 16.0 Å². The number of nitrogens with one attached hydrogen (secondary N) is 1. The molecule has 0 aliphatic rings. The fourth-order valence-electron chi connectivity index (χ4n) is 1.07. The van der Waals surface area contributed by atoms with Crippen molar-refractivity contribution in [1.82, 2.24) is 5.43 Å². The molecule has 1 rings (SSSR count). The van der Waals surface area contributed by atoms with Crippen LogP contribution in [0.5, 0.6) is 5.75 Å². The number of rotatable bonds is 5. The second-order valence-corrected chi connectivity index (χ2v) is 2.97. The van der Waals surface area contributed by atoms with Crippen LogP contribution in [0, 0.1) is 6.92 Å². The fourth-order valence-corrected chi connectivity index (χ4v) is 1.07. The molecule has 0 bridgehead atoms. The Morgan fingerprint density at radius 3 is 3.00 bits per heavy atom. The second-order valence-electron chi connectivity index (χ2n) is 2.97. The molecule has 0 aliphatic heterocycles. The van der Waals surface area contributed by atoms with Crippen LogP contribution in [0.1, 0.15) is 12.0 Å². The molecule has 0 amide bonds. The highest BCUT2D eigenvalue weighted by Crippen LogP contribution is 2.12. The quantitative estimate of drug-likeness (QED) is 0.407. The average molecular weight is 180 g/mol. The van der Waals surface area contributed by atoms with Crippen LogP contribution in [0.4, 0.5) is 0 Å². The summed E-state index contributed by atoms with van der Waals surface area (Å²) in [5.74, 6) is 6.05. The molecular formula is C10H16N2O. The molecule has 0 saturated heterocycles. The molecule has 0 atom stereocenters. The minimum Gasteiger partial charge on any atom is -0.494 e. The molecule has 0 aromatic heterocycles. The van der Waals surface area contributed by atoms with E-state index in [-0.39, 0.29) is 0 Å². The molecule has 3 N–H and O–H groups in total. The average Bonchev–Trinajstić information content (AvgIpc) is 2.13. The maximum absolute atomic E-state index is 5.49. The molecule has 3 nitrogen and oxygen atoms in total. The van der Waals surface area contributed by atoms with Crippen molar-refractivity contribution in [2.45, 2.75) is 13.3 Å². The minimum absolute atomic E-state index is 0.702. The SMILES string of the molecule is Cc1cccc(OCCCNN)c1. The minimum atomic E-state index is 0.702. The molecule has 72 valence electrons. The lowest BCUT2D eigenvalue weighted by Gasteiger charge is -2.05. The van der Waals surface area contributed by atoms with Crippen molar-refractivity contribution in [3.8, 4) is 5.75 Å². The number of benzene rings is 1. The Morgan fingerprint density at radius 1 is 1.46 bits per heavy atom. The maximum atomic E-state index is 5.49. The summed E-state index contributed by atoms with van der Waals surface area (Å²) in [6, 6.07) is 8.03. The van der Waals surface area contributed by atoms with Gasteiger partial charge in [0.05, 0.1) is 6.61 Å². The highest BCUT2D eigenvalue weighted by Gasteiger charge is 1.92. The molecule has 1 aromatic rings. The van der Waals surface area contributed by atoms with Crippen LogP contribution in [0.3, 0.4) is 0 Å². The van der Waals surface area contributed by atoms with Crippen LogP contribution in [0.25, 0.3) is 0 Å². The lowest BCUT2D eigenvalue weighted by Crippen LogP contribution is -2.24. The van der Waals surface area contributed by atoms with E-state index in [1.165, 1.54) is 5.56 Å². The van der Waals surface area contributed by atoms with Crippen LogP contribution in [0.15, 0.2) is 24.3 Å². The molecule has 0 radical (unpaired) electrons. The highest BCUT2D eigenvalue weighted by atomic mass is 16.5. The molecule has 1 aromatic carbocycles. The Kier molecular flexibility index (Phi) is 4.29. The van der Waals surface area contributed by atoms with E-state index < -0.39 is 0 Å². The first-order valence-corrected chi connectivity index (χ1v) is 4.46. The first-order valence-electron chi connectivity index (χ1n) is 4.46. The number of nitrogens with two attached hydrogens (primary N) is 1. The van der Waals surface area contributed by atoms with Gasteiger partial charge in [0, 0.05) is 6.54 Å². The van der Waals surface area contributed by atoms with Crippen LogP contribution in [-0.2, 0) is 0 Å². The standard InChI is InChI=1S/C10H16N2O/c1-9-4-2-5-10(8-9)13-7-3-6-12-11/h2,4-5,8,12H,3,6-7,11H2,1H3. The van der Waals surface area contributed by atoms with Crippen molar-refractivity contribution in [2.75, 3.05) is 13.2 Å². The Hall–Kier alpha value is -1.06. The van der Waals surface area contributed by atoms with Gasteiger partial charge < -0.3 is 4.74 Å². The second kappa shape index (κ2) is 5.56. The van der Waals surface area contributed by atoms with Gasteiger partial charge in [-0.3, -0.25) is 11.3 Å². The van der Waals surface area contributed by atoms with Crippen LogP contribution >= 0.6 is 0 Å². The van der Waals surface area contributed by atoms with Gasteiger partial charge in [-0.05, 0) is 31.0 Å². The predicted octanol–water partition coefficient (Wildman–Crippen LogP) is 1.23. The Balaban J connectivity index is 2.28. The van der Waals surface area contributed by atoms with Crippen molar-refractivity contribution in [3.63, 3.8) is 0 Å². The monoisotopic (exact) mass is 180 g/mol. The lowest BCUT2D eigenvalue weighted by molar-refractivity contribution is 0.308. The van der Waals surface area contributed by atoms with Gasteiger partial charge in [-0.2, -0.15) is 0 Å². The Labute approximate surface area is 78.9 Å². The molecular weight excluding hydrogens is 164 g/mol. The van der Waals surface area contributed by atoms with Crippen molar-refractivity contribution in [3.05, 3.63) is 29.8 Å². The third-order valence-corrected chi connectivity index (χ3v) is 1.72. The Bertz CT molecular complexity index is 250. The van der Waals surface area contributed by atoms with E-state index in [1.807, 2.05) is 31.2 Å². The summed E-state index contributed by atoms with van der Waals surface area (Å²) in [5.41, 5.74) is 3.80. The van der Waals surface area contributed by atoms with Gasteiger partial charge in [0.2, 0.25) is 0 Å². The topological polar surface area (TPSA) is 47.3 Å². The third kappa shape index (κ3) is 3.92.